The number of nitrogen functional groups attached to an aromatic ring is 1. The predicted molar refractivity (Wildman–Crippen MR) is 171 cm³/mol. The van der Waals surface area contributed by atoms with Gasteiger partial charge < -0.3 is 26.7 Å². The van der Waals surface area contributed by atoms with Gasteiger partial charge in [-0.15, -0.1) is 23.1 Å². The first-order valence-corrected chi connectivity index (χ1v) is 16.2. The summed E-state index contributed by atoms with van der Waals surface area (Å²) in [7, 11) is 0. The van der Waals surface area contributed by atoms with Gasteiger partial charge in [0.25, 0.3) is 11.8 Å². The van der Waals surface area contributed by atoms with Gasteiger partial charge in [0.15, 0.2) is 10.8 Å². The van der Waals surface area contributed by atoms with Crippen molar-refractivity contribution in [2.45, 2.75) is 30.2 Å². The molecular weight excluding hydrogens is 645 g/mol. The fraction of sp³-hybridized carbons (Fsp3) is 0.226. The summed E-state index contributed by atoms with van der Waals surface area (Å²) in [6.07, 6.45) is 3.95. The second-order valence-electron chi connectivity index (χ2n) is 10.8. The van der Waals surface area contributed by atoms with Gasteiger partial charge in [0.1, 0.15) is 22.8 Å². The Morgan fingerprint density at radius 3 is 2.55 bits per heavy atom. The van der Waals surface area contributed by atoms with Crippen LogP contribution in [0.5, 0.6) is 0 Å². The zero-order chi connectivity index (χ0) is 33.2. The number of rotatable bonds is 9. The van der Waals surface area contributed by atoms with Crippen molar-refractivity contribution < 1.29 is 29.5 Å². The average molecular weight is 671 g/mol. The summed E-state index contributed by atoms with van der Waals surface area (Å²) >= 11 is 2.28. The number of aromatic nitrogens is 2. The van der Waals surface area contributed by atoms with Crippen molar-refractivity contribution in [2.75, 3.05) is 18.0 Å². The zero-order valence-corrected chi connectivity index (χ0v) is 26.0. The van der Waals surface area contributed by atoms with Crippen LogP contribution in [0.25, 0.3) is 0 Å². The Labute approximate surface area is 275 Å². The number of nitrogens with zero attached hydrogens (tertiary/aromatic N) is 5. The molecule has 2 aromatic heterocycles. The van der Waals surface area contributed by atoms with E-state index in [9.17, 15) is 34.8 Å². The van der Waals surface area contributed by atoms with Crippen LogP contribution >= 0.6 is 23.1 Å². The van der Waals surface area contributed by atoms with E-state index in [1.54, 1.807) is 36.7 Å². The Bertz CT molecular complexity index is 1920. The number of pyridine rings is 1. The number of carbonyl (C=O) groups excluding carboxylic acids is 3. The molecular formula is C31H26N8O6S2. The summed E-state index contributed by atoms with van der Waals surface area (Å²) in [6.45, 7) is 0.374. The second-order valence-corrected chi connectivity index (χ2v) is 12.8. The van der Waals surface area contributed by atoms with E-state index in [0.29, 0.717) is 41.7 Å². The van der Waals surface area contributed by atoms with Gasteiger partial charge in [-0.05, 0) is 59.4 Å². The van der Waals surface area contributed by atoms with E-state index in [1.807, 2.05) is 12.1 Å². The van der Waals surface area contributed by atoms with Gasteiger partial charge in [-0.2, -0.15) is 5.26 Å². The number of nitrogens with one attached hydrogen (secondary N) is 2. The summed E-state index contributed by atoms with van der Waals surface area (Å²) in [5.41, 5.74) is 8.34. The maximum absolute atomic E-state index is 13.6. The standard InChI is InChI=1S/C31H26N8O6S2/c32-12-16-3-1-15(2-4-16)11-19(17-5-8-34-9-6-17)22(18-7-10-35-26(18)40)20-13-46-29-24(28(42)39(29)25(20)30(43)44)37-27(41)23(38-45)21-14-47-31(33)36-21/h1-6,8-9,14,19,24,29,45H,7,10-11,13H2,(H2,33,36)(H,35,40)(H,37,41)(H,43,44)/t19?,24-,29-/m1/s1. The SMILES string of the molecule is N#Cc1ccc(CC(C(=C2CCNC2=O)C2=C(C(=O)O)N3C(=O)[C@@H](NC(=O)C(=NO)c4csc(N)n4)[C@H]3SC2)c2ccncc2)cc1. The van der Waals surface area contributed by atoms with Crippen molar-refractivity contribution in [1.29, 1.82) is 5.26 Å². The summed E-state index contributed by atoms with van der Waals surface area (Å²) < 4.78 is 0. The van der Waals surface area contributed by atoms with Crippen LogP contribution in [0.15, 0.2) is 81.7 Å². The third-order valence-electron chi connectivity index (χ3n) is 8.10. The molecule has 5 heterocycles. The third-order valence-corrected chi connectivity index (χ3v) is 10.1. The number of benzene rings is 1. The number of oxime groups is 1. The average Bonchev–Trinajstić information content (AvgIpc) is 3.71. The lowest BCUT2D eigenvalue weighted by Gasteiger charge is -2.50. The molecule has 6 rings (SSSR count). The van der Waals surface area contributed by atoms with Gasteiger partial charge >= 0.3 is 5.97 Å². The largest absolute Gasteiger partial charge is 0.477 e. The van der Waals surface area contributed by atoms with E-state index in [4.69, 9.17) is 5.73 Å². The molecule has 2 saturated heterocycles. The van der Waals surface area contributed by atoms with E-state index in [0.717, 1.165) is 27.4 Å². The Morgan fingerprint density at radius 1 is 1.21 bits per heavy atom. The highest BCUT2D eigenvalue weighted by atomic mass is 32.2. The fourth-order valence-electron chi connectivity index (χ4n) is 5.96. The van der Waals surface area contributed by atoms with E-state index in [1.165, 1.54) is 17.1 Å². The molecule has 0 radical (unpaired) electrons. The molecule has 6 N–H and O–H groups in total. The molecule has 0 aliphatic carbocycles. The quantitative estimate of drug-likeness (QED) is 0.0725. The van der Waals surface area contributed by atoms with Crippen molar-refractivity contribution in [2.24, 2.45) is 5.16 Å². The number of nitrogens with two attached hydrogens (primary N) is 1. The summed E-state index contributed by atoms with van der Waals surface area (Å²) in [5, 5.41) is 38.5. The van der Waals surface area contributed by atoms with Crippen LogP contribution in [0.4, 0.5) is 5.13 Å². The van der Waals surface area contributed by atoms with Crippen molar-refractivity contribution >= 4 is 57.6 Å². The van der Waals surface area contributed by atoms with Crippen LogP contribution in [0, 0.1) is 11.3 Å². The van der Waals surface area contributed by atoms with Crippen molar-refractivity contribution in [3.63, 3.8) is 0 Å². The number of hydrogen-bond acceptors (Lipinski definition) is 12. The molecule has 2 fully saturated rings. The van der Waals surface area contributed by atoms with Crippen LogP contribution < -0.4 is 16.4 Å². The number of hydrogen-bond donors (Lipinski definition) is 5. The van der Waals surface area contributed by atoms with Gasteiger partial charge in [0.2, 0.25) is 5.91 Å². The summed E-state index contributed by atoms with van der Waals surface area (Å²) in [6, 6.07) is 11.6. The zero-order valence-electron chi connectivity index (χ0n) is 24.4. The summed E-state index contributed by atoms with van der Waals surface area (Å²) in [4.78, 5) is 62.0. The van der Waals surface area contributed by atoms with Crippen LogP contribution in [0.2, 0.25) is 0 Å². The topological polar surface area (TPSA) is 224 Å². The lowest BCUT2D eigenvalue weighted by molar-refractivity contribution is -0.150. The van der Waals surface area contributed by atoms with Crippen molar-refractivity contribution in [3.05, 3.63) is 99.0 Å². The third kappa shape index (κ3) is 5.93. The number of fused-ring (bicyclic) bond motifs is 1. The number of amides is 3. The first-order valence-electron chi connectivity index (χ1n) is 14.3. The lowest BCUT2D eigenvalue weighted by atomic mass is 9.78. The number of carboxylic acid groups (broad SMARTS) is 1. The predicted octanol–water partition coefficient (Wildman–Crippen LogP) is 1.75. The molecule has 3 aliphatic rings. The van der Waals surface area contributed by atoms with Gasteiger partial charge in [0.05, 0.1) is 11.6 Å². The van der Waals surface area contributed by atoms with E-state index < -0.39 is 40.8 Å². The van der Waals surface area contributed by atoms with E-state index >= 15 is 0 Å². The van der Waals surface area contributed by atoms with Gasteiger partial charge in [-0.3, -0.25) is 24.3 Å². The normalized spacial score (nSPS) is 20.9. The number of carbonyl (C=O) groups is 4. The van der Waals surface area contributed by atoms with Gasteiger partial charge in [-0.25, -0.2) is 9.78 Å². The molecule has 3 atom stereocenters. The molecule has 14 nitrogen and oxygen atoms in total. The molecule has 0 saturated carbocycles. The molecule has 3 amide bonds. The number of anilines is 1. The fourth-order valence-corrected chi connectivity index (χ4v) is 7.87. The highest BCUT2D eigenvalue weighted by Crippen LogP contribution is 2.47. The number of allylic oxidation sites excluding steroid dienone is 1. The Morgan fingerprint density at radius 2 is 1.96 bits per heavy atom. The Kier molecular flexibility index (Phi) is 8.74. The molecule has 47 heavy (non-hydrogen) atoms. The molecule has 16 heteroatoms. The molecule has 238 valence electrons. The van der Waals surface area contributed by atoms with Crippen LogP contribution in [-0.4, -0.2) is 78.3 Å². The van der Waals surface area contributed by atoms with E-state index in [-0.39, 0.29) is 28.2 Å². The highest BCUT2D eigenvalue weighted by molar-refractivity contribution is 8.00. The number of aliphatic carboxylic acids is 1. The number of nitriles is 1. The minimum atomic E-state index is -1.36. The second kappa shape index (κ2) is 13.1. The molecule has 1 aromatic carbocycles. The lowest BCUT2D eigenvalue weighted by Crippen LogP contribution is -2.71. The van der Waals surface area contributed by atoms with Crippen LogP contribution in [0.1, 0.15) is 34.7 Å². The minimum Gasteiger partial charge on any atom is -0.477 e. The Balaban J connectivity index is 1.40. The van der Waals surface area contributed by atoms with Gasteiger partial charge in [-0.1, -0.05) is 17.3 Å². The van der Waals surface area contributed by atoms with Crippen molar-refractivity contribution in [3.8, 4) is 6.07 Å². The highest BCUT2D eigenvalue weighted by Gasteiger charge is 2.55. The first kappa shape index (κ1) is 31.5. The minimum absolute atomic E-state index is 0.0244. The molecule has 0 bridgehead atoms. The smallest absolute Gasteiger partial charge is 0.352 e. The first-order chi connectivity index (χ1) is 22.7. The molecule has 3 aromatic rings. The monoisotopic (exact) mass is 670 g/mol. The molecule has 0 spiro atoms. The molecule has 1 unspecified atom stereocenters. The summed E-state index contributed by atoms with van der Waals surface area (Å²) in [5.74, 6) is -3.62. The maximum atomic E-state index is 13.6. The number of β-lactam (4-membered cyclic amide) rings is 1. The number of thiazole rings is 1. The maximum Gasteiger partial charge on any atom is 0.352 e. The van der Waals surface area contributed by atoms with Crippen LogP contribution in [-0.2, 0) is 25.6 Å². The Hall–Kier alpha value is -5.53. The molecule has 3 aliphatic heterocycles. The number of thioether (sulfide) groups is 1. The van der Waals surface area contributed by atoms with Crippen molar-refractivity contribution in [1.82, 2.24) is 25.5 Å². The van der Waals surface area contributed by atoms with Crippen LogP contribution in [0.3, 0.4) is 0 Å². The number of carboxylic acids is 1. The van der Waals surface area contributed by atoms with Gasteiger partial charge in [0, 0.05) is 41.6 Å². The van der Waals surface area contributed by atoms with E-state index in [2.05, 4.69) is 31.8 Å².